The molecule has 0 aromatic heterocycles. The molecule has 0 unspecified atom stereocenters. The molecule has 0 aliphatic rings. The summed E-state index contributed by atoms with van der Waals surface area (Å²) in [5.74, 6) is 0. The third-order valence-corrected chi connectivity index (χ3v) is 2.69. The van der Waals surface area contributed by atoms with Crippen LogP contribution in [0.25, 0.3) is 0 Å². The van der Waals surface area contributed by atoms with Gasteiger partial charge in [0.05, 0.1) is 18.8 Å². The standard InChI is InChI=1S/C10H20O9/c11-2-6(15)8(17)4(13)1-5(14)9(18)10(19)7(16)3-12/h3-11,13-19H,1-2H2/t4-,5-,6-,7+,8+,9-,10-/m1/s1. The average Bonchev–Trinajstić information content (AvgIpc) is 2.42. The molecule has 0 amide bonds. The van der Waals surface area contributed by atoms with E-state index in [1.807, 2.05) is 0 Å². The minimum atomic E-state index is -1.96. The van der Waals surface area contributed by atoms with E-state index >= 15 is 0 Å². The Labute approximate surface area is 109 Å². The lowest BCUT2D eigenvalue weighted by Gasteiger charge is -2.28. The molecule has 8 N–H and O–H groups in total. The van der Waals surface area contributed by atoms with Crippen LogP contribution in [0.15, 0.2) is 0 Å². The fourth-order valence-electron chi connectivity index (χ4n) is 1.40. The smallest absolute Gasteiger partial charge is 0.151 e. The Morgan fingerprint density at radius 1 is 0.737 bits per heavy atom. The summed E-state index contributed by atoms with van der Waals surface area (Å²) in [6.07, 6.45) is -13.3. The second-order valence-corrected chi connectivity index (χ2v) is 4.22. The topological polar surface area (TPSA) is 179 Å². The van der Waals surface area contributed by atoms with Crippen molar-refractivity contribution in [2.75, 3.05) is 6.61 Å². The Balaban J connectivity index is 4.43. The quantitative estimate of drug-likeness (QED) is 0.192. The van der Waals surface area contributed by atoms with Crippen LogP contribution >= 0.6 is 0 Å². The monoisotopic (exact) mass is 284 g/mol. The summed E-state index contributed by atoms with van der Waals surface area (Å²) in [4.78, 5) is 10.2. The van der Waals surface area contributed by atoms with Crippen molar-refractivity contribution in [3.05, 3.63) is 0 Å². The molecular formula is C10H20O9. The number of carbonyl (C=O) groups is 1. The molecule has 114 valence electrons. The zero-order valence-corrected chi connectivity index (χ0v) is 10.0. The lowest BCUT2D eigenvalue weighted by Crippen LogP contribution is -2.48. The average molecular weight is 284 g/mol. The highest BCUT2D eigenvalue weighted by molar-refractivity contribution is 5.56. The molecule has 0 aliphatic heterocycles. The van der Waals surface area contributed by atoms with E-state index in [2.05, 4.69) is 0 Å². The van der Waals surface area contributed by atoms with Gasteiger partial charge in [0, 0.05) is 6.42 Å². The fourth-order valence-corrected chi connectivity index (χ4v) is 1.40. The normalized spacial score (nSPS) is 22.9. The zero-order valence-electron chi connectivity index (χ0n) is 10.0. The Morgan fingerprint density at radius 3 is 1.63 bits per heavy atom. The van der Waals surface area contributed by atoms with Gasteiger partial charge in [0.25, 0.3) is 0 Å². The number of aliphatic hydroxyl groups is 8. The molecule has 0 saturated carbocycles. The van der Waals surface area contributed by atoms with Gasteiger partial charge in [0.2, 0.25) is 0 Å². The second-order valence-electron chi connectivity index (χ2n) is 4.22. The molecule has 0 radical (unpaired) electrons. The van der Waals surface area contributed by atoms with Crippen molar-refractivity contribution in [3.63, 3.8) is 0 Å². The van der Waals surface area contributed by atoms with Gasteiger partial charge in [-0.05, 0) is 0 Å². The largest absolute Gasteiger partial charge is 0.394 e. The van der Waals surface area contributed by atoms with Crippen molar-refractivity contribution in [1.29, 1.82) is 0 Å². The van der Waals surface area contributed by atoms with Crippen molar-refractivity contribution in [2.45, 2.75) is 49.1 Å². The maximum Gasteiger partial charge on any atom is 0.151 e. The number of aliphatic hydroxyl groups excluding tert-OH is 8. The van der Waals surface area contributed by atoms with E-state index in [9.17, 15) is 30.3 Å². The summed E-state index contributed by atoms with van der Waals surface area (Å²) in [6, 6.07) is 0. The van der Waals surface area contributed by atoms with Crippen LogP contribution < -0.4 is 0 Å². The number of rotatable bonds is 9. The van der Waals surface area contributed by atoms with Crippen LogP contribution in [-0.4, -0.2) is 96.5 Å². The molecule has 0 spiro atoms. The molecule has 19 heavy (non-hydrogen) atoms. The summed E-state index contributed by atoms with van der Waals surface area (Å²) in [6.45, 7) is -0.816. The minimum absolute atomic E-state index is 0.0403. The van der Waals surface area contributed by atoms with Gasteiger partial charge in [0.1, 0.15) is 30.5 Å². The number of hydrogen-bond donors (Lipinski definition) is 8. The van der Waals surface area contributed by atoms with Gasteiger partial charge in [-0.2, -0.15) is 0 Å². The minimum Gasteiger partial charge on any atom is -0.394 e. The first-order valence-electron chi connectivity index (χ1n) is 5.58. The first kappa shape index (κ1) is 18.4. The molecule has 7 atom stereocenters. The van der Waals surface area contributed by atoms with Gasteiger partial charge in [-0.25, -0.2) is 0 Å². The van der Waals surface area contributed by atoms with Crippen LogP contribution in [0.4, 0.5) is 0 Å². The van der Waals surface area contributed by atoms with Gasteiger partial charge in [-0.1, -0.05) is 0 Å². The van der Waals surface area contributed by atoms with Crippen molar-refractivity contribution in [3.8, 4) is 0 Å². The number of hydrogen-bond acceptors (Lipinski definition) is 9. The van der Waals surface area contributed by atoms with Gasteiger partial charge in [0.15, 0.2) is 6.29 Å². The van der Waals surface area contributed by atoms with Crippen LogP contribution in [0, 0.1) is 0 Å². The highest BCUT2D eigenvalue weighted by Gasteiger charge is 2.34. The lowest BCUT2D eigenvalue weighted by molar-refractivity contribution is -0.140. The first-order valence-corrected chi connectivity index (χ1v) is 5.58. The maximum absolute atomic E-state index is 10.2. The Morgan fingerprint density at radius 2 is 1.21 bits per heavy atom. The van der Waals surface area contributed by atoms with Crippen LogP contribution in [0.1, 0.15) is 6.42 Å². The molecule has 0 saturated heterocycles. The third kappa shape index (κ3) is 5.47. The molecule has 9 heteroatoms. The second kappa shape index (κ2) is 8.51. The zero-order chi connectivity index (χ0) is 15.2. The van der Waals surface area contributed by atoms with E-state index < -0.39 is 55.8 Å². The third-order valence-electron chi connectivity index (χ3n) is 2.69. The first-order chi connectivity index (χ1) is 8.76. The lowest BCUT2D eigenvalue weighted by atomic mass is 9.96. The van der Waals surface area contributed by atoms with Gasteiger partial charge in [-0.3, -0.25) is 0 Å². The van der Waals surface area contributed by atoms with E-state index in [1.165, 1.54) is 0 Å². The van der Waals surface area contributed by atoms with Gasteiger partial charge < -0.3 is 45.6 Å². The summed E-state index contributed by atoms with van der Waals surface area (Å²) in [5.41, 5.74) is 0. The summed E-state index contributed by atoms with van der Waals surface area (Å²) < 4.78 is 0. The predicted octanol–water partition coefficient (Wildman–Crippen LogP) is -4.91. The summed E-state index contributed by atoms with van der Waals surface area (Å²) >= 11 is 0. The molecule has 0 aromatic carbocycles. The number of aldehydes is 1. The molecule has 0 heterocycles. The predicted molar refractivity (Wildman–Crippen MR) is 59.8 cm³/mol. The number of carbonyl (C=O) groups excluding carboxylic acids is 1. The highest BCUT2D eigenvalue weighted by atomic mass is 16.4. The molecule has 9 nitrogen and oxygen atoms in total. The summed E-state index contributed by atoms with van der Waals surface area (Å²) in [5, 5.41) is 73.3. The van der Waals surface area contributed by atoms with E-state index in [0.717, 1.165) is 0 Å². The molecule has 0 aromatic rings. The molecule has 0 bridgehead atoms. The van der Waals surface area contributed by atoms with Crippen LogP contribution in [0.3, 0.4) is 0 Å². The van der Waals surface area contributed by atoms with E-state index in [-0.39, 0.29) is 6.29 Å². The van der Waals surface area contributed by atoms with Crippen LogP contribution in [-0.2, 0) is 4.79 Å². The Hall–Kier alpha value is -0.650. The van der Waals surface area contributed by atoms with E-state index in [1.54, 1.807) is 0 Å². The maximum atomic E-state index is 10.2. The summed E-state index contributed by atoms with van der Waals surface area (Å²) in [7, 11) is 0. The van der Waals surface area contributed by atoms with Gasteiger partial charge in [-0.15, -0.1) is 0 Å². The van der Waals surface area contributed by atoms with Crippen LogP contribution in [0.2, 0.25) is 0 Å². The molecular weight excluding hydrogens is 264 g/mol. The van der Waals surface area contributed by atoms with Crippen molar-refractivity contribution >= 4 is 6.29 Å². The SMILES string of the molecule is O=C[C@H](O)[C@@H](O)[C@H](O)[C@H](O)C[C@@H](O)[C@H](O)[C@H](O)CO. The van der Waals surface area contributed by atoms with Crippen LogP contribution in [0.5, 0.6) is 0 Å². The molecule has 0 fully saturated rings. The molecule has 0 aliphatic carbocycles. The Kier molecular flexibility index (Phi) is 8.22. The fraction of sp³-hybridized carbons (Fsp3) is 0.900. The highest BCUT2D eigenvalue weighted by Crippen LogP contribution is 2.13. The Bertz CT molecular complexity index is 261. The van der Waals surface area contributed by atoms with Crippen molar-refractivity contribution in [2.24, 2.45) is 0 Å². The van der Waals surface area contributed by atoms with Crippen molar-refractivity contribution in [1.82, 2.24) is 0 Å². The molecule has 0 rings (SSSR count). The van der Waals surface area contributed by atoms with E-state index in [0.29, 0.717) is 0 Å². The van der Waals surface area contributed by atoms with Gasteiger partial charge >= 0.3 is 0 Å². The van der Waals surface area contributed by atoms with Crippen molar-refractivity contribution < 1.29 is 45.6 Å². The van der Waals surface area contributed by atoms with E-state index in [4.69, 9.17) is 15.3 Å².